The zero-order valence-electron chi connectivity index (χ0n) is 9.51. The van der Waals surface area contributed by atoms with Crippen LogP contribution in [-0.2, 0) is 0 Å². The minimum absolute atomic E-state index is 0.173. The second-order valence-corrected chi connectivity index (χ2v) is 3.99. The number of rotatable bonds is 2. The molecule has 0 aliphatic carbocycles. The number of carbonyl (C=O) groups is 1. The lowest BCUT2D eigenvalue weighted by molar-refractivity contribution is 0.0652. The van der Waals surface area contributed by atoms with Crippen molar-refractivity contribution in [2.75, 3.05) is 0 Å². The van der Waals surface area contributed by atoms with E-state index in [1.165, 1.54) is 6.07 Å². The number of carboxylic acid groups (broad SMARTS) is 1. The first-order valence-electron chi connectivity index (χ1n) is 5.34. The summed E-state index contributed by atoms with van der Waals surface area (Å²) < 4.78 is 10.2. The minimum Gasteiger partial charge on any atom is -0.475 e. The lowest BCUT2D eigenvalue weighted by atomic mass is 10.1. The molecule has 0 saturated carbocycles. The van der Waals surface area contributed by atoms with E-state index >= 15 is 0 Å². The van der Waals surface area contributed by atoms with E-state index in [4.69, 9.17) is 14.0 Å². The Labute approximate surface area is 102 Å². The standard InChI is InChI=1S/C13H9NO4/c1-7-4-9-5-8(2-3-11(9)17-7)10-6-12(13(15)16)18-14-10/h2-6H,1H3,(H,15,16). The van der Waals surface area contributed by atoms with Crippen LogP contribution < -0.4 is 0 Å². The van der Waals surface area contributed by atoms with Crippen LogP contribution in [-0.4, -0.2) is 16.2 Å². The second-order valence-electron chi connectivity index (χ2n) is 3.99. The first-order chi connectivity index (χ1) is 8.63. The molecular formula is C13H9NO4. The van der Waals surface area contributed by atoms with Crippen molar-refractivity contribution in [1.29, 1.82) is 0 Å². The molecule has 0 fully saturated rings. The van der Waals surface area contributed by atoms with E-state index in [2.05, 4.69) is 5.16 Å². The van der Waals surface area contributed by atoms with Crippen LogP contribution in [0.25, 0.3) is 22.2 Å². The molecule has 0 atom stereocenters. The summed E-state index contributed by atoms with van der Waals surface area (Å²) in [5.41, 5.74) is 2.07. The third kappa shape index (κ3) is 1.66. The van der Waals surface area contributed by atoms with Crippen LogP contribution in [0.15, 0.2) is 39.3 Å². The fourth-order valence-electron chi connectivity index (χ4n) is 1.85. The van der Waals surface area contributed by atoms with Crippen LogP contribution in [0, 0.1) is 6.92 Å². The summed E-state index contributed by atoms with van der Waals surface area (Å²) in [6.45, 7) is 1.87. The summed E-state index contributed by atoms with van der Waals surface area (Å²) in [4.78, 5) is 10.7. The number of benzene rings is 1. The topological polar surface area (TPSA) is 76.5 Å². The molecule has 1 aromatic carbocycles. The maximum absolute atomic E-state index is 10.7. The van der Waals surface area contributed by atoms with Gasteiger partial charge in [-0.2, -0.15) is 0 Å². The molecule has 3 rings (SSSR count). The van der Waals surface area contributed by atoms with Gasteiger partial charge in [0.1, 0.15) is 17.0 Å². The summed E-state index contributed by atoms with van der Waals surface area (Å²) in [6, 6.07) is 8.84. The summed E-state index contributed by atoms with van der Waals surface area (Å²) in [5.74, 6) is -0.476. The maximum atomic E-state index is 10.7. The van der Waals surface area contributed by atoms with Crippen LogP contribution in [0.1, 0.15) is 16.3 Å². The summed E-state index contributed by atoms with van der Waals surface area (Å²) >= 11 is 0. The molecule has 0 amide bonds. The molecule has 0 saturated heterocycles. The Morgan fingerprint density at radius 2 is 2.11 bits per heavy atom. The molecule has 2 heterocycles. The molecule has 1 N–H and O–H groups in total. The van der Waals surface area contributed by atoms with E-state index in [0.29, 0.717) is 5.69 Å². The summed E-state index contributed by atoms with van der Waals surface area (Å²) in [6.07, 6.45) is 0. The Bertz CT molecular complexity index is 738. The Morgan fingerprint density at radius 3 is 2.83 bits per heavy atom. The van der Waals surface area contributed by atoms with Crippen molar-refractivity contribution >= 4 is 16.9 Å². The van der Waals surface area contributed by atoms with Gasteiger partial charge in [0.2, 0.25) is 5.76 Å². The number of aromatic carboxylic acids is 1. The molecule has 0 unspecified atom stereocenters. The molecule has 0 aliphatic rings. The Kier molecular flexibility index (Phi) is 2.19. The molecule has 5 heteroatoms. The van der Waals surface area contributed by atoms with Crippen molar-refractivity contribution in [3.63, 3.8) is 0 Å². The predicted molar refractivity (Wildman–Crippen MR) is 63.4 cm³/mol. The molecule has 5 nitrogen and oxygen atoms in total. The number of fused-ring (bicyclic) bond motifs is 1. The largest absolute Gasteiger partial charge is 0.475 e. The van der Waals surface area contributed by atoms with Crippen LogP contribution in [0.3, 0.4) is 0 Å². The zero-order valence-corrected chi connectivity index (χ0v) is 9.51. The van der Waals surface area contributed by atoms with Crippen molar-refractivity contribution in [3.05, 3.63) is 41.9 Å². The molecule has 0 spiro atoms. The van der Waals surface area contributed by atoms with E-state index in [1.807, 2.05) is 31.2 Å². The molecular weight excluding hydrogens is 234 g/mol. The summed E-state index contributed by atoms with van der Waals surface area (Å²) in [5, 5.41) is 13.5. The van der Waals surface area contributed by atoms with Crippen molar-refractivity contribution < 1.29 is 18.8 Å². The van der Waals surface area contributed by atoms with E-state index in [9.17, 15) is 4.79 Å². The van der Waals surface area contributed by atoms with Gasteiger partial charge in [-0.15, -0.1) is 0 Å². The number of nitrogens with zero attached hydrogens (tertiary/aromatic N) is 1. The number of hydrogen-bond acceptors (Lipinski definition) is 4. The Balaban J connectivity index is 2.09. The SMILES string of the molecule is Cc1cc2cc(-c3cc(C(=O)O)on3)ccc2o1. The lowest BCUT2D eigenvalue weighted by Gasteiger charge is -1.94. The average Bonchev–Trinajstić information content (AvgIpc) is 2.91. The highest BCUT2D eigenvalue weighted by Crippen LogP contribution is 2.26. The van der Waals surface area contributed by atoms with Gasteiger partial charge in [-0.1, -0.05) is 5.16 Å². The fraction of sp³-hybridized carbons (Fsp3) is 0.0769. The highest BCUT2D eigenvalue weighted by molar-refractivity contribution is 5.87. The number of aryl methyl sites for hydroxylation is 1. The normalized spacial score (nSPS) is 10.9. The third-order valence-corrected chi connectivity index (χ3v) is 2.66. The van der Waals surface area contributed by atoms with Crippen LogP contribution in [0.4, 0.5) is 0 Å². The van der Waals surface area contributed by atoms with Crippen molar-refractivity contribution in [1.82, 2.24) is 5.16 Å². The predicted octanol–water partition coefficient (Wildman–Crippen LogP) is 3.09. The van der Waals surface area contributed by atoms with Gasteiger partial charge in [-0.25, -0.2) is 4.79 Å². The van der Waals surface area contributed by atoms with E-state index < -0.39 is 5.97 Å². The number of carboxylic acids is 1. The van der Waals surface area contributed by atoms with E-state index in [-0.39, 0.29) is 5.76 Å². The van der Waals surface area contributed by atoms with Gasteiger partial charge in [-0.3, -0.25) is 0 Å². The van der Waals surface area contributed by atoms with Gasteiger partial charge >= 0.3 is 5.97 Å². The molecule has 2 aromatic heterocycles. The van der Waals surface area contributed by atoms with Gasteiger partial charge in [0.25, 0.3) is 0 Å². The first-order valence-corrected chi connectivity index (χ1v) is 5.34. The Morgan fingerprint density at radius 1 is 1.28 bits per heavy atom. The molecule has 0 aliphatic heterocycles. The van der Waals surface area contributed by atoms with Crippen LogP contribution >= 0.6 is 0 Å². The van der Waals surface area contributed by atoms with Crippen molar-refractivity contribution in [3.8, 4) is 11.3 Å². The molecule has 18 heavy (non-hydrogen) atoms. The van der Waals surface area contributed by atoms with Crippen LogP contribution in [0.2, 0.25) is 0 Å². The monoisotopic (exact) mass is 243 g/mol. The van der Waals surface area contributed by atoms with Gasteiger partial charge in [0.15, 0.2) is 0 Å². The fourth-order valence-corrected chi connectivity index (χ4v) is 1.85. The highest BCUT2D eigenvalue weighted by Gasteiger charge is 2.13. The second kappa shape index (κ2) is 3.73. The Hall–Kier alpha value is -2.56. The lowest BCUT2D eigenvalue weighted by Crippen LogP contribution is -1.91. The van der Waals surface area contributed by atoms with Crippen molar-refractivity contribution in [2.45, 2.75) is 6.92 Å². The molecule has 0 radical (unpaired) electrons. The van der Waals surface area contributed by atoms with Gasteiger partial charge in [-0.05, 0) is 31.2 Å². The quantitative estimate of drug-likeness (QED) is 0.748. The van der Waals surface area contributed by atoms with Gasteiger partial charge in [0.05, 0.1) is 0 Å². The number of hydrogen-bond donors (Lipinski definition) is 1. The maximum Gasteiger partial charge on any atom is 0.374 e. The first kappa shape index (κ1) is 10.6. The van der Waals surface area contributed by atoms with Crippen molar-refractivity contribution in [2.24, 2.45) is 0 Å². The van der Waals surface area contributed by atoms with E-state index in [0.717, 1.165) is 22.3 Å². The van der Waals surface area contributed by atoms with E-state index in [1.54, 1.807) is 0 Å². The smallest absolute Gasteiger partial charge is 0.374 e. The molecule has 3 aromatic rings. The molecule has 0 bridgehead atoms. The minimum atomic E-state index is -1.13. The van der Waals surface area contributed by atoms with Gasteiger partial charge < -0.3 is 14.0 Å². The van der Waals surface area contributed by atoms with Gasteiger partial charge in [0, 0.05) is 17.0 Å². The molecule has 90 valence electrons. The highest BCUT2D eigenvalue weighted by atomic mass is 16.5. The number of furan rings is 1. The zero-order chi connectivity index (χ0) is 12.7. The summed E-state index contributed by atoms with van der Waals surface area (Å²) in [7, 11) is 0. The third-order valence-electron chi connectivity index (χ3n) is 2.66. The van der Waals surface area contributed by atoms with Crippen LogP contribution in [0.5, 0.6) is 0 Å². The number of aromatic nitrogens is 1. The average molecular weight is 243 g/mol.